The lowest BCUT2D eigenvalue weighted by atomic mass is 10.1. The lowest BCUT2D eigenvalue weighted by Crippen LogP contribution is -1.94. The van der Waals surface area contributed by atoms with Crippen molar-refractivity contribution in [2.24, 2.45) is 0 Å². The SMILES string of the molecule is CCC(F)=CC(=O)c1ccc(Cl)cc1. The average Bonchev–Trinajstić information content (AvgIpc) is 2.18. The highest BCUT2D eigenvalue weighted by molar-refractivity contribution is 6.30. The first-order valence-corrected chi connectivity index (χ1v) is 4.67. The molecule has 0 aliphatic carbocycles. The summed E-state index contributed by atoms with van der Waals surface area (Å²) < 4.78 is 12.8. The van der Waals surface area contributed by atoms with Gasteiger partial charge in [-0.05, 0) is 30.7 Å². The highest BCUT2D eigenvalue weighted by Gasteiger charge is 2.03. The molecule has 0 bridgehead atoms. The molecule has 0 radical (unpaired) electrons. The summed E-state index contributed by atoms with van der Waals surface area (Å²) in [5.74, 6) is -0.744. The first kappa shape index (κ1) is 10.9. The monoisotopic (exact) mass is 212 g/mol. The first-order valence-electron chi connectivity index (χ1n) is 4.29. The molecular formula is C11H10ClFO. The molecule has 1 aromatic carbocycles. The molecule has 14 heavy (non-hydrogen) atoms. The zero-order chi connectivity index (χ0) is 10.6. The van der Waals surface area contributed by atoms with Crippen molar-refractivity contribution in [1.29, 1.82) is 0 Å². The Bertz CT molecular complexity index is 354. The third-order valence-electron chi connectivity index (χ3n) is 1.75. The highest BCUT2D eigenvalue weighted by atomic mass is 35.5. The van der Waals surface area contributed by atoms with Gasteiger partial charge in [0, 0.05) is 16.7 Å². The molecule has 1 aromatic rings. The van der Waals surface area contributed by atoms with Crippen LogP contribution in [-0.2, 0) is 0 Å². The zero-order valence-electron chi connectivity index (χ0n) is 7.76. The van der Waals surface area contributed by atoms with E-state index < -0.39 is 5.83 Å². The molecule has 0 N–H and O–H groups in total. The summed E-state index contributed by atoms with van der Waals surface area (Å²) in [4.78, 5) is 11.4. The number of carbonyl (C=O) groups excluding carboxylic acids is 1. The van der Waals surface area contributed by atoms with Gasteiger partial charge in [-0.3, -0.25) is 4.79 Å². The van der Waals surface area contributed by atoms with Crippen LogP contribution in [0.3, 0.4) is 0 Å². The Kier molecular flexibility index (Phi) is 3.84. The molecule has 0 heterocycles. The van der Waals surface area contributed by atoms with Gasteiger partial charge in [-0.2, -0.15) is 0 Å². The summed E-state index contributed by atoms with van der Waals surface area (Å²) >= 11 is 5.65. The van der Waals surface area contributed by atoms with E-state index in [0.717, 1.165) is 6.08 Å². The molecular weight excluding hydrogens is 203 g/mol. The first-order chi connectivity index (χ1) is 6.63. The average molecular weight is 213 g/mol. The number of allylic oxidation sites excluding steroid dienone is 2. The number of hydrogen-bond donors (Lipinski definition) is 0. The highest BCUT2D eigenvalue weighted by Crippen LogP contribution is 2.12. The number of carbonyl (C=O) groups is 1. The van der Waals surface area contributed by atoms with Crippen molar-refractivity contribution in [3.8, 4) is 0 Å². The van der Waals surface area contributed by atoms with Gasteiger partial charge >= 0.3 is 0 Å². The zero-order valence-corrected chi connectivity index (χ0v) is 8.51. The van der Waals surface area contributed by atoms with Crippen LogP contribution >= 0.6 is 11.6 Å². The second-order valence-electron chi connectivity index (χ2n) is 2.82. The molecule has 0 unspecified atom stereocenters. The Balaban J connectivity index is 2.85. The van der Waals surface area contributed by atoms with E-state index in [1.807, 2.05) is 0 Å². The van der Waals surface area contributed by atoms with Gasteiger partial charge in [-0.25, -0.2) is 4.39 Å². The molecule has 0 fully saturated rings. The lowest BCUT2D eigenvalue weighted by molar-refractivity contribution is 0.104. The molecule has 74 valence electrons. The van der Waals surface area contributed by atoms with Crippen LogP contribution in [0.4, 0.5) is 4.39 Å². The lowest BCUT2D eigenvalue weighted by Gasteiger charge is -1.96. The van der Waals surface area contributed by atoms with Crippen molar-refractivity contribution < 1.29 is 9.18 Å². The maximum atomic E-state index is 12.8. The fourth-order valence-electron chi connectivity index (χ4n) is 0.942. The number of ketones is 1. The number of rotatable bonds is 3. The van der Waals surface area contributed by atoms with Crippen LogP contribution < -0.4 is 0 Å². The summed E-state index contributed by atoms with van der Waals surface area (Å²) in [5, 5.41) is 0.557. The van der Waals surface area contributed by atoms with Crippen molar-refractivity contribution in [2.45, 2.75) is 13.3 Å². The van der Waals surface area contributed by atoms with Crippen LogP contribution in [0.1, 0.15) is 23.7 Å². The van der Waals surface area contributed by atoms with Crippen molar-refractivity contribution in [1.82, 2.24) is 0 Å². The van der Waals surface area contributed by atoms with E-state index in [4.69, 9.17) is 11.6 Å². The summed E-state index contributed by atoms with van der Waals surface area (Å²) in [5.41, 5.74) is 0.443. The van der Waals surface area contributed by atoms with Gasteiger partial charge in [0.25, 0.3) is 0 Å². The van der Waals surface area contributed by atoms with Crippen LogP contribution in [0.5, 0.6) is 0 Å². The van der Waals surface area contributed by atoms with Crippen molar-refractivity contribution in [3.63, 3.8) is 0 Å². The standard InChI is InChI=1S/C11H10ClFO/c1-2-10(13)7-11(14)8-3-5-9(12)6-4-8/h3-7H,2H2,1H3. The topological polar surface area (TPSA) is 17.1 Å². The van der Waals surface area contributed by atoms with Gasteiger partial charge in [-0.1, -0.05) is 18.5 Å². The molecule has 0 amide bonds. The van der Waals surface area contributed by atoms with Crippen LogP contribution in [0.2, 0.25) is 5.02 Å². The van der Waals surface area contributed by atoms with Crippen molar-refractivity contribution in [2.75, 3.05) is 0 Å². The second-order valence-corrected chi connectivity index (χ2v) is 3.25. The van der Waals surface area contributed by atoms with Crippen LogP contribution in [0.15, 0.2) is 36.2 Å². The Morgan fingerprint density at radius 2 is 2.00 bits per heavy atom. The molecule has 1 rings (SSSR count). The molecule has 0 saturated carbocycles. The Morgan fingerprint density at radius 1 is 1.43 bits per heavy atom. The van der Waals surface area contributed by atoms with Crippen molar-refractivity contribution >= 4 is 17.4 Å². The normalized spacial score (nSPS) is 11.5. The van der Waals surface area contributed by atoms with Crippen LogP contribution in [0.25, 0.3) is 0 Å². The smallest absolute Gasteiger partial charge is 0.188 e. The minimum absolute atomic E-state index is 0.235. The van der Waals surface area contributed by atoms with Gasteiger partial charge < -0.3 is 0 Å². The molecule has 0 aliphatic rings. The summed E-state index contributed by atoms with van der Waals surface area (Å²) in [6, 6.07) is 6.35. The maximum absolute atomic E-state index is 12.8. The van der Waals surface area contributed by atoms with Crippen LogP contribution in [-0.4, -0.2) is 5.78 Å². The number of hydrogen-bond acceptors (Lipinski definition) is 1. The van der Waals surface area contributed by atoms with Gasteiger partial charge in [0.1, 0.15) is 5.83 Å². The molecule has 0 saturated heterocycles. The van der Waals surface area contributed by atoms with Crippen molar-refractivity contribution in [3.05, 3.63) is 46.8 Å². The maximum Gasteiger partial charge on any atom is 0.188 e. The quantitative estimate of drug-likeness (QED) is 0.550. The van der Waals surface area contributed by atoms with E-state index in [9.17, 15) is 9.18 Å². The van der Waals surface area contributed by atoms with Crippen LogP contribution in [0, 0.1) is 0 Å². The minimum atomic E-state index is -0.412. The molecule has 1 nitrogen and oxygen atoms in total. The Hall–Kier alpha value is -1.15. The molecule has 3 heteroatoms. The van der Waals surface area contributed by atoms with Gasteiger partial charge in [0.2, 0.25) is 0 Å². The van der Waals surface area contributed by atoms with Gasteiger partial charge in [0.15, 0.2) is 5.78 Å². The third kappa shape index (κ3) is 2.96. The molecule has 0 spiro atoms. The molecule has 0 atom stereocenters. The Labute approximate surface area is 87.2 Å². The molecule has 0 aliphatic heterocycles. The fourth-order valence-corrected chi connectivity index (χ4v) is 1.07. The molecule has 0 aromatic heterocycles. The summed E-state index contributed by atoms with van der Waals surface area (Å²) in [6.07, 6.45) is 1.24. The van der Waals surface area contributed by atoms with E-state index in [2.05, 4.69) is 0 Å². The summed E-state index contributed by atoms with van der Waals surface area (Å²) in [6.45, 7) is 1.65. The second kappa shape index (κ2) is 4.91. The van der Waals surface area contributed by atoms with E-state index in [0.29, 0.717) is 10.6 Å². The van der Waals surface area contributed by atoms with E-state index >= 15 is 0 Å². The van der Waals surface area contributed by atoms with E-state index in [-0.39, 0.29) is 12.2 Å². The van der Waals surface area contributed by atoms with Gasteiger partial charge in [0.05, 0.1) is 0 Å². The third-order valence-corrected chi connectivity index (χ3v) is 2.01. The summed E-state index contributed by atoms with van der Waals surface area (Å²) in [7, 11) is 0. The largest absolute Gasteiger partial charge is 0.289 e. The number of benzene rings is 1. The fraction of sp³-hybridized carbons (Fsp3) is 0.182. The minimum Gasteiger partial charge on any atom is -0.289 e. The van der Waals surface area contributed by atoms with E-state index in [1.54, 1.807) is 31.2 Å². The van der Waals surface area contributed by atoms with Gasteiger partial charge in [-0.15, -0.1) is 0 Å². The predicted molar refractivity (Wildman–Crippen MR) is 55.3 cm³/mol. The van der Waals surface area contributed by atoms with E-state index in [1.165, 1.54) is 0 Å². The number of halogens is 2. The Morgan fingerprint density at radius 3 is 2.50 bits per heavy atom. The predicted octanol–water partition coefficient (Wildman–Crippen LogP) is 3.79.